The van der Waals surface area contributed by atoms with Crippen LogP contribution in [0, 0.1) is 5.82 Å². The molecule has 1 rings (SSSR count). The molecule has 0 aliphatic carbocycles. The molecule has 5 nitrogen and oxygen atoms in total. The number of carbonyl (C=O) groups is 2. The van der Waals surface area contributed by atoms with Gasteiger partial charge in [0.15, 0.2) is 0 Å². The maximum Gasteiger partial charge on any atom is 0.305 e. The predicted octanol–water partition coefficient (Wildman–Crippen LogP) is 0.811. The number of carboxylic acid groups (broad SMARTS) is 1. The Bertz CT molecular complexity index is 421. The van der Waals surface area contributed by atoms with Crippen LogP contribution in [0.15, 0.2) is 18.2 Å². The molecule has 6 heteroatoms. The van der Waals surface area contributed by atoms with Gasteiger partial charge in [-0.3, -0.25) is 9.59 Å². The minimum Gasteiger partial charge on any atom is -0.481 e. The molecule has 0 spiro atoms. The first-order valence-electron chi connectivity index (χ1n) is 4.56. The Morgan fingerprint density at radius 1 is 1.44 bits per heavy atom. The number of halogens is 1. The van der Waals surface area contributed by atoms with Gasteiger partial charge in [0.25, 0.3) is 5.91 Å². The van der Waals surface area contributed by atoms with E-state index in [1.807, 2.05) is 0 Å². The van der Waals surface area contributed by atoms with Crippen LogP contribution in [-0.4, -0.2) is 23.5 Å². The summed E-state index contributed by atoms with van der Waals surface area (Å²) in [6.07, 6.45) is -0.130. The number of nitrogens with one attached hydrogen (secondary N) is 1. The summed E-state index contributed by atoms with van der Waals surface area (Å²) in [6.45, 7) is 0.0963. The first-order valence-corrected chi connectivity index (χ1v) is 4.56. The van der Waals surface area contributed by atoms with Crippen molar-refractivity contribution < 1.29 is 19.1 Å². The predicted molar refractivity (Wildman–Crippen MR) is 55.7 cm³/mol. The highest BCUT2D eigenvalue weighted by Gasteiger charge is 2.13. The van der Waals surface area contributed by atoms with Crippen molar-refractivity contribution in [2.75, 3.05) is 11.9 Å². The molecule has 1 aromatic rings. The molecule has 0 saturated heterocycles. The quantitative estimate of drug-likeness (QED) is 0.692. The Kier molecular flexibility index (Phi) is 3.82. The lowest BCUT2D eigenvalue weighted by molar-refractivity contribution is -0.136. The molecule has 0 heterocycles. The number of benzene rings is 1. The first kappa shape index (κ1) is 12.0. The van der Waals surface area contributed by atoms with E-state index in [1.54, 1.807) is 0 Å². The van der Waals surface area contributed by atoms with Crippen molar-refractivity contribution in [1.29, 1.82) is 0 Å². The zero-order chi connectivity index (χ0) is 12.1. The van der Waals surface area contributed by atoms with Gasteiger partial charge in [-0.25, -0.2) is 4.39 Å². The van der Waals surface area contributed by atoms with Crippen LogP contribution in [0.3, 0.4) is 0 Å². The van der Waals surface area contributed by atoms with E-state index >= 15 is 0 Å². The molecule has 4 N–H and O–H groups in total. The Morgan fingerprint density at radius 2 is 2.12 bits per heavy atom. The molecule has 0 bridgehead atoms. The summed E-state index contributed by atoms with van der Waals surface area (Å²) < 4.78 is 13.2. The molecule has 0 fully saturated rings. The van der Waals surface area contributed by atoms with Crippen LogP contribution in [0.5, 0.6) is 0 Å². The lowest BCUT2D eigenvalue weighted by Gasteiger charge is -2.09. The van der Waals surface area contributed by atoms with Crippen LogP contribution in [0.25, 0.3) is 0 Å². The highest BCUT2D eigenvalue weighted by molar-refractivity contribution is 5.98. The monoisotopic (exact) mass is 226 g/mol. The summed E-state index contributed by atoms with van der Waals surface area (Å²) in [5.41, 5.74) is 4.96. The molecule has 0 aliphatic rings. The van der Waals surface area contributed by atoms with Gasteiger partial charge >= 0.3 is 5.97 Å². The number of rotatable bonds is 5. The minimum absolute atomic E-state index is 0.0963. The fourth-order valence-electron chi connectivity index (χ4n) is 1.23. The molecule has 0 atom stereocenters. The van der Waals surface area contributed by atoms with E-state index in [0.717, 1.165) is 6.07 Å². The largest absolute Gasteiger partial charge is 0.481 e. The van der Waals surface area contributed by atoms with Gasteiger partial charge in [-0.1, -0.05) is 6.07 Å². The number of primary amides is 1. The fraction of sp³-hybridized carbons (Fsp3) is 0.200. The van der Waals surface area contributed by atoms with Crippen LogP contribution < -0.4 is 11.1 Å². The molecule has 1 aromatic carbocycles. The van der Waals surface area contributed by atoms with E-state index < -0.39 is 17.7 Å². The van der Waals surface area contributed by atoms with E-state index in [0.29, 0.717) is 0 Å². The molecule has 0 saturated carbocycles. The van der Waals surface area contributed by atoms with E-state index in [9.17, 15) is 14.0 Å². The summed E-state index contributed by atoms with van der Waals surface area (Å²) in [5.74, 6) is -2.60. The molecule has 0 aromatic heterocycles. The van der Waals surface area contributed by atoms with Crippen molar-refractivity contribution in [3.63, 3.8) is 0 Å². The number of hydrogen-bond donors (Lipinski definition) is 3. The molecule has 0 unspecified atom stereocenters. The Hall–Kier alpha value is -2.11. The lowest BCUT2D eigenvalue weighted by atomic mass is 10.1. The maximum atomic E-state index is 13.2. The van der Waals surface area contributed by atoms with E-state index in [2.05, 4.69) is 5.32 Å². The van der Waals surface area contributed by atoms with Crippen molar-refractivity contribution in [2.24, 2.45) is 5.73 Å². The third-order valence-corrected chi connectivity index (χ3v) is 1.91. The van der Waals surface area contributed by atoms with Gasteiger partial charge in [-0.15, -0.1) is 0 Å². The summed E-state index contributed by atoms with van der Waals surface area (Å²) >= 11 is 0. The van der Waals surface area contributed by atoms with Crippen molar-refractivity contribution >= 4 is 17.6 Å². The highest BCUT2D eigenvalue weighted by atomic mass is 19.1. The van der Waals surface area contributed by atoms with Gasteiger partial charge in [0.2, 0.25) is 0 Å². The lowest BCUT2D eigenvalue weighted by Crippen LogP contribution is -2.17. The van der Waals surface area contributed by atoms with Crippen molar-refractivity contribution in [3.05, 3.63) is 29.6 Å². The van der Waals surface area contributed by atoms with Gasteiger partial charge in [0.1, 0.15) is 5.82 Å². The van der Waals surface area contributed by atoms with Crippen molar-refractivity contribution in [1.82, 2.24) is 0 Å². The maximum absolute atomic E-state index is 13.2. The van der Waals surface area contributed by atoms with Gasteiger partial charge < -0.3 is 16.2 Å². The minimum atomic E-state index is -0.982. The number of nitrogens with two attached hydrogens (primary N) is 1. The smallest absolute Gasteiger partial charge is 0.305 e. The Morgan fingerprint density at radius 3 is 2.69 bits per heavy atom. The van der Waals surface area contributed by atoms with E-state index in [-0.39, 0.29) is 24.2 Å². The van der Waals surface area contributed by atoms with Crippen LogP contribution in [0.2, 0.25) is 0 Å². The van der Waals surface area contributed by atoms with Crippen LogP contribution in [0.4, 0.5) is 10.1 Å². The molecule has 0 aliphatic heterocycles. The second kappa shape index (κ2) is 5.11. The topological polar surface area (TPSA) is 92.4 Å². The zero-order valence-electron chi connectivity index (χ0n) is 8.37. The van der Waals surface area contributed by atoms with Gasteiger partial charge in [0.05, 0.1) is 12.0 Å². The van der Waals surface area contributed by atoms with Gasteiger partial charge in [-0.2, -0.15) is 0 Å². The Labute approximate surface area is 91.1 Å². The third-order valence-electron chi connectivity index (χ3n) is 1.91. The summed E-state index contributed by atoms with van der Waals surface area (Å²) in [6, 6.07) is 3.98. The molecule has 86 valence electrons. The molecule has 1 amide bonds. The highest BCUT2D eigenvalue weighted by Crippen LogP contribution is 2.18. The first-order chi connectivity index (χ1) is 7.52. The third kappa shape index (κ3) is 2.94. The average Bonchev–Trinajstić information content (AvgIpc) is 2.16. The number of amides is 1. The average molecular weight is 226 g/mol. The number of anilines is 1. The summed E-state index contributed by atoms with van der Waals surface area (Å²) in [5, 5.41) is 11.1. The number of carboxylic acids is 1. The number of hydrogen-bond acceptors (Lipinski definition) is 3. The standard InChI is InChI=1S/C10H11FN2O3/c11-6-2-1-3-7(9(6)10(12)16)13-5-4-8(14)15/h1-3,13H,4-5H2,(H2,12,16)(H,14,15). The van der Waals surface area contributed by atoms with Gasteiger partial charge in [0, 0.05) is 12.2 Å². The summed E-state index contributed by atoms with van der Waals surface area (Å²) in [7, 11) is 0. The molecule has 0 radical (unpaired) electrons. The molecular formula is C10H11FN2O3. The second-order valence-electron chi connectivity index (χ2n) is 3.10. The van der Waals surface area contributed by atoms with Crippen LogP contribution in [0.1, 0.15) is 16.8 Å². The van der Waals surface area contributed by atoms with Crippen molar-refractivity contribution in [2.45, 2.75) is 6.42 Å². The second-order valence-corrected chi connectivity index (χ2v) is 3.10. The number of carbonyl (C=O) groups excluding carboxylic acids is 1. The fourth-order valence-corrected chi connectivity index (χ4v) is 1.23. The van der Waals surface area contributed by atoms with Crippen LogP contribution >= 0.6 is 0 Å². The number of aliphatic carboxylic acids is 1. The van der Waals surface area contributed by atoms with Crippen molar-refractivity contribution in [3.8, 4) is 0 Å². The molecular weight excluding hydrogens is 215 g/mol. The summed E-state index contributed by atoms with van der Waals surface area (Å²) in [4.78, 5) is 21.2. The zero-order valence-corrected chi connectivity index (χ0v) is 8.37. The van der Waals surface area contributed by atoms with Crippen LogP contribution in [-0.2, 0) is 4.79 Å². The van der Waals surface area contributed by atoms with Gasteiger partial charge in [-0.05, 0) is 12.1 Å². The normalized spacial score (nSPS) is 9.81. The van der Waals surface area contributed by atoms with E-state index in [4.69, 9.17) is 10.8 Å². The molecule has 16 heavy (non-hydrogen) atoms. The Balaban J connectivity index is 2.83. The van der Waals surface area contributed by atoms with E-state index in [1.165, 1.54) is 12.1 Å². The SMILES string of the molecule is NC(=O)c1c(F)cccc1NCCC(=O)O.